The number of nitrogens with two attached hydrogens (primary N) is 1. The molecule has 0 atom stereocenters. The summed E-state index contributed by atoms with van der Waals surface area (Å²) in [7, 11) is 3.21. The van der Waals surface area contributed by atoms with Gasteiger partial charge in [0.2, 0.25) is 0 Å². The molecule has 7 N–H and O–H groups in total. The van der Waals surface area contributed by atoms with Gasteiger partial charge in [-0.15, -0.1) is 0 Å². The van der Waals surface area contributed by atoms with E-state index in [2.05, 4.69) is 20.8 Å². The molecule has 3 aromatic rings. The van der Waals surface area contributed by atoms with Crippen molar-refractivity contribution < 1.29 is 20.4 Å². The molecule has 0 aliphatic rings. The van der Waals surface area contributed by atoms with Gasteiger partial charge in [0.25, 0.3) is 0 Å². The number of nitriles is 1. The zero-order valence-electron chi connectivity index (χ0n) is 18.6. The van der Waals surface area contributed by atoms with Crippen LogP contribution in [0.15, 0.2) is 53.6 Å². The van der Waals surface area contributed by atoms with Gasteiger partial charge in [0.05, 0.1) is 30.4 Å². The minimum absolute atomic E-state index is 0. The standard InChI is InChI=1S/C23H25N5O2S.2H2O/c1-29-20-6-5-17(14-18(20)15-25)19-8-11-26-23(28-19)13-16-4-7-22(21(12-16)30-2)31-27-10-3-9-24;;/h4-8,11-12,14,27H,3,9-10,13,24H2,1-2H3;2*1H2. The minimum Gasteiger partial charge on any atom is -0.496 e. The predicted molar refractivity (Wildman–Crippen MR) is 129 cm³/mol. The van der Waals surface area contributed by atoms with E-state index >= 15 is 0 Å². The molecule has 0 aliphatic heterocycles. The molecule has 2 aromatic carbocycles. The van der Waals surface area contributed by atoms with Crippen LogP contribution in [0.3, 0.4) is 0 Å². The number of nitrogens with one attached hydrogen (secondary N) is 1. The van der Waals surface area contributed by atoms with Crippen LogP contribution in [0.2, 0.25) is 0 Å². The summed E-state index contributed by atoms with van der Waals surface area (Å²) in [6, 6.07) is 15.5. The van der Waals surface area contributed by atoms with E-state index < -0.39 is 0 Å². The topological polar surface area (TPSA) is 169 Å². The van der Waals surface area contributed by atoms with Crippen molar-refractivity contribution >= 4 is 11.9 Å². The first-order chi connectivity index (χ1) is 15.2. The van der Waals surface area contributed by atoms with Crippen molar-refractivity contribution in [2.45, 2.75) is 17.7 Å². The Bertz CT molecular complexity index is 1070. The van der Waals surface area contributed by atoms with E-state index in [1.807, 2.05) is 30.3 Å². The van der Waals surface area contributed by atoms with E-state index in [9.17, 15) is 5.26 Å². The molecule has 0 saturated heterocycles. The maximum Gasteiger partial charge on any atom is 0.136 e. The highest BCUT2D eigenvalue weighted by atomic mass is 32.2. The van der Waals surface area contributed by atoms with Crippen molar-refractivity contribution in [3.63, 3.8) is 0 Å². The molecule has 10 heteroatoms. The summed E-state index contributed by atoms with van der Waals surface area (Å²) in [5, 5.41) is 9.34. The van der Waals surface area contributed by atoms with Gasteiger partial charge in [-0.3, -0.25) is 4.72 Å². The highest BCUT2D eigenvalue weighted by molar-refractivity contribution is 7.97. The lowest BCUT2D eigenvalue weighted by atomic mass is 10.1. The lowest BCUT2D eigenvalue weighted by Gasteiger charge is -2.11. The lowest BCUT2D eigenvalue weighted by molar-refractivity contribution is 0.404. The Hall–Kier alpha value is -3.20. The molecular formula is C23H29N5O4S. The SMILES string of the molecule is COc1ccc(-c2ccnc(Cc3ccc(SNCCCN)c(OC)c3)n2)cc1C#N.O.O. The Morgan fingerprint density at radius 1 is 1.06 bits per heavy atom. The van der Waals surface area contributed by atoms with E-state index in [0.29, 0.717) is 30.1 Å². The molecule has 0 bridgehead atoms. The first-order valence-corrected chi connectivity index (χ1v) is 10.7. The van der Waals surface area contributed by atoms with Crippen molar-refractivity contribution in [1.29, 1.82) is 5.26 Å². The van der Waals surface area contributed by atoms with Crippen molar-refractivity contribution in [3.05, 3.63) is 65.6 Å². The number of rotatable bonds is 10. The largest absolute Gasteiger partial charge is 0.496 e. The average molecular weight is 472 g/mol. The predicted octanol–water partition coefficient (Wildman–Crippen LogP) is 1.92. The molecule has 9 nitrogen and oxygen atoms in total. The fourth-order valence-electron chi connectivity index (χ4n) is 2.99. The van der Waals surface area contributed by atoms with Gasteiger partial charge in [-0.25, -0.2) is 9.97 Å². The van der Waals surface area contributed by atoms with Gasteiger partial charge in [0.1, 0.15) is 23.4 Å². The van der Waals surface area contributed by atoms with Gasteiger partial charge < -0.3 is 26.2 Å². The number of nitrogens with zero attached hydrogens (tertiary/aromatic N) is 3. The monoisotopic (exact) mass is 471 g/mol. The van der Waals surface area contributed by atoms with Gasteiger partial charge >= 0.3 is 0 Å². The molecule has 0 spiro atoms. The van der Waals surface area contributed by atoms with E-state index in [4.69, 9.17) is 15.2 Å². The van der Waals surface area contributed by atoms with Crippen molar-refractivity contribution in [2.24, 2.45) is 5.73 Å². The normalized spacial score (nSPS) is 9.88. The second-order valence-electron chi connectivity index (χ2n) is 6.69. The number of benzene rings is 2. The Morgan fingerprint density at radius 2 is 1.85 bits per heavy atom. The Kier molecular flexibility index (Phi) is 11.9. The van der Waals surface area contributed by atoms with Crippen LogP contribution >= 0.6 is 11.9 Å². The van der Waals surface area contributed by atoms with Crippen LogP contribution in [0, 0.1) is 11.3 Å². The smallest absolute Gasteiger partial charge is 0.136 e. The van der Waals surface area contributed by atoms with Crippen LogP contribution in [-0.2, 0) is 6.42 Å². The number of aromatic nitrogens is 2. The van der Waals surface area contributed by atoms with Crippen LogP contribution in [0.5, 0.6) is 11.5 Å². The molecule has 1 heterocycles. The third-order valence-corrected chi connectivity index (χ3v) is 5.48. The second-order valence-corrected chi connectivity index (χ2v) is 7.62. The molecule has 0 amide bonds. The van der Waals surface area contributed by atoms with Gasteiger partial charge in [-0.2, -0.15) is 5.26 Å². The number of hydrogen-bond donors (Lipinski definition) is 2. The van der Waals surface area contributed by atoms with Crippen LogP contribution < -0.4 is 19.9 Å². The summed E-state index contributed by atoms with van der Waals surface area (Å²) in [6.45, 7) is 1.50. The van der Waals surface area contributed by atoms with Crippen molar-refractivity contribution in [2.75, 3.05) is 27.3 Å². The molecular weight excluding hydrogens is 442 g/mol. The Labute approximate surface area is 197 Å². The Balaban J connectivity index is 0.00000272. The van der Waals surface area contributed by atoms with E-state index in [0.717, 1.165) is 40.4 Å². The van der Waals surface area contributed by atoms with Crippen LogP contribution in [0.4, 0.5) is 0 Å². The zero-order chi connectivity index (χ0) is 22.1. The minimum atomic E-state index is 0. The van der Waals surface area contributed by atoms with Gasteiger partial charge in [-0.1, -0.05) is 6.07 Å². The quantitative estimate of drug-likeness (QED) is 0.334. The van der Waals surface area contributed by atoms with Crippen molar-refractivity contribution in [3.8, 4) is 28.8 Å². The first kappa shape index (κ1) is 27.8. The van der Waals surface area contributed by atoms with Crippen LogP contribution in [0.25, 0.3) is 11.3 Å². The highest BCUT2D eigenvalue weighted by Gasteiger charge is 2.10. The van der Waals surface area contributed by atoms with Gasteiger partial charge in [0, 0.05) is 24.7 Å². The zero-order valence-corrected chi connectivity index (χ0v) is 19.4. The van der Waals surface area contributed by atoms with Crippen LogP contribution in [0.1, 0.15) is 23.4 Å². The molecule has 0 aliphatic carbocycles. The molecule has 33 heavy (non-hydrogen) atoms. The third kappa shape index (κ3) is 7.42. The summed E-state index contributed by atoms with van der Waals surface area (Å²) >= 11 is 1.53. The number of ether oxygens (including phenoxy) is 2. The molecule has 1 aromatic heterocycles. The molecule has 176 valence electrons. The van der Waals surface area contributed by atoms with Gasteiger partial charge in [-0.05, 0) is 66.9 Å². The summed E-state index contributed by atoms with van der Waals surface area (Å²) in [6.07, 6.45) is 3.22. The third-order valence-electron chi connectivity index (χ3n) is 4.58. The van der Waals surface area contributed by atoms with E-state index in [1.165, 1.54) is 11.9 Å². The average Bonchev–Trinajstić information content (AvgIpc) is 2.82. The number of hydrogen-bond acceptors (Lipinski definition) is 8. The fraction of sp³-hybridized carbons (Fsp3) is 0.261. The first-order valence-electron chi connectivity index (χ1n) is 9.85. The Morgan fingerprint density at radius 3 is 2.55 bits per heavy atom. The molecule has 0 fully saturated rings. The van der Waals surface area contributed by atoms with Gasteiger partial charge in [0.15, 0.2) is 0 Å². The molecule has 0 radical (unpaired) electrons. The lowest BCUT2D eigenvalue weighted by Crippen LogP contribution is -2.11. The van der Waals surface area contributed by atoms with E-state index in [1.54, 1.807) is 32.5 Å². The summed E-state index contributed by atoms with van der Waals surface area (Å²) < 4.78 is 14.1. The maximum absolute atomic E-state index is 9.34. The maximum atomic E-state index is 9.34. The highest BCUT2D eigenvalue weighted by Crippen LogP contribution is 2.29. The summed E-state index contributed by atoms with van der Waals surface area (Å²) in [5.74, 6) is 2.03. The summed E-state index contributed by atoms with van der Waals surface area (Å²) in [4.78, 5) is 10.1. The fourth-order valence-corrected chi connectivity index (χ4v) is 3.77. The summed E-state index contributed by atoms with van der Waals surface area (Å²) in [5.41, 5.74) is 8.64. The number of methoxy groups -OCH3 is 2. The molecule has 0 unspecified atom stereocenters. The second kappa shape index (κ2) is 14.1. The van der Waals surface area contributed by atoms with Crippen LogP contribution in [-0.4, -0.2) is 48.2 Å². The van der Waals surface area contributed by atoms with E-state index in [-0.39, 0.29) is 11.0 Å². The molecule has 0 saturated carbocycles. The van der Waals surface area contributed by atoms with Crippen molar-refractivity contribution in [1.82, 2.24) is 14.7 Å². The molecule has 3 rings (SSSR count).